The van der Waals surface area contributed by atoms with E-state index in [9.17, 15) is 0 Å². The molecular formula is C16H23ClIN5. The Hall–Kier alpha value is -1.02. The lowest BCUT2D eigenvalue weighted by atomic mass is 9.96. The first-order chi connectivity index (χ1) is 10.6. The fourth-order valence-electron chi connectivity index (χ4n) is 3.07. The number of aryl methyl sites for hydroxylation is 1. The van der Waals surface area contributed by atoms with Gasteiger partial charge in [-0.15, -0.1) is 24.0 Å². The van der Waals surface area contributed by atoms with Crippen LogP contribution in [0.25, 0.3) is 11.0 Å². The average Bonchev–Trinajstić information content (AvgIpc) is 2.84. The normalized spacial score (nSPS) is 16.3. The van der Waals surface area contributed by atoms with E-state index in [-0.39, 0.29) is 24.0 Å². The molecule has 1 aromatic heterocycles. The van der Waals surface area contributed by atoms with Gasteiger partial charge >= 0.3 is 0 Å². The highest BCUT2D eigenvalue weighted by Gasteiger charge is 2.14. The monoisotopic (exact) mass is 447 g/mol. The van der Waals surface area contributed by atoms with Crippen LogP contribution in [0.15, 0.2) is 23.2 Å². The van der Waals surface area contributed by atoms with Crippen molar-refractivity contribution in [3.8, 4) is 0 Å². The predicted octanol–water partition coefficient (Wildman–Crippen LogP) is 3.58. The molecule has 1 heterocycles. The molecule has 0 bridgehead atoms. The van der Waals surface area contributed by atoms with Crippen LogP contribution in [0, 0.1) is 0 Å². The number of nitrogens with zero attached hydrogens (tertiary/aromatic N) is 3. The minimum Gasteiger partial charge on any atom is -0.370 e. The van der Waals surface area contributed by atoms with Crippen LogP contribution in [0.1, 0.15) is 37.9 Å². The van der Waals surface area contributed by atoms with Gasteiger partial charge in [0.25, 0.3) is 0 Å². The summed E-state index contributed by atoms with van der Waals surface area (Å²) in [7, 11) is 1.96. The van der Waals surface area contributed by atoms with Crippen LogP contribution in [0.4, 0.5) is 0 Å². The third kappa shape index (κ3) is 4.29. The van der Waals surface area contributed by atoms with E-state index in [4.69, 9.17) is 17.3 Å². The second-order valence-corrected chi connectivity index (χ2v) is 6.28. The third-order valence-corrected chi connectivity index (χ3v) is 4.59. The van der Waals surface area contributed by atoms with Gasteiger partial charge in [0, 0.05) is 13.1 Å². The molecule has 1 saturated carbocycles. The van der Waals surface area contributed by atoms with Gasteiger partial charge in [0.2, 0.25) is 0 Å². The quantitative estimate of drug-likeness (QED) is 0.429. The van der Waals surface area contributed by atoms with E-state index < -0.39 is 0 Å². The standard InChI is InChI=1S/C16H22ClN5.HI/c1-22-14(21-13-9-5-8-12(17)15(13)22)10-19-16(18)20-11-6-3-2-4-7-11;/h5,8-9,11H,2-4,6-7,10H2,1H3,(H3,18,19,20);1H. The maximum absolute atomic E-state index is 6.23. The number of halogens is 2. The maximum Gasteiger partial charge on any atom is 0.189 e. The van der Waals surface area contributed by atoms with Crippen molar-refractivity contribution in [3.05, 3.63) is 29.0 Å². The van der Waals surface area contributed by atoms with Gasteiger partial charge in [-0.25, -0.2) is 9.98 Å². The lowest BCUT2D eigenvalue weighted by Crippen LogP contribution is -2.41. The summed E-state index contributed by atoms with van der Waals surface area (Å²) < 4.78 is 1.98. The SMILES string of the molecule is Cn1c(CN=C(N)NC2CCCCC2)nc2cccc(Cl)c21.I. The molecule has 1 aliphatic rings. The molecule has 0 amide bonds. The highest BCUT2D eigenvalue weighted by molar-refractivity contribution is 14.0. The van der Waals surface area contributed by atoms with Gasteiger partial charge in [-0.1, -0.05) is 36.9 Å². The topological polar surface area (TPSA) is 68.2 Å². The molecule has 0 aliphatic heterocycles. The van der Waals surface area contributed by atoms with Gasteiger partial charge in [0.15, 0.2) is 5.96 Å². The van der Waals surface area contributed by atoms with Crippen LogP contribution in [0.3, 0.4) is 0 Å². The molecule has 0 atom stereocenters. The molecule has 0 unspecified atom stereocenters. The summed E-state index contributed by atoms with van der Waals surface area (Å²) in [4.78, 5) is 9.01. The number of rotatable bonds is 3. The summed E-state index contributed by atoms with van der Waals surface area (Å²) in [5.74, 6) is 1.36. The van der Waals surface area contributed by atoms with Crippen LogP contribution in [0.5, 0.6) is 0 Å². The molecule has 7 heteroatoms. The zero-order valence-corrected chi connectivity index (χ0v) is 16.3. The maximum atomic E-state index is 6.23. The van der Waals surface area contributed by atoms with Crippen LogP contribution < -0.4 is 11.1 Å². The fraction of sp³-hybridized carbons (Fsp3) is 0.500. The van der Waals surface area contributed by atoms with Crippen LogP contribution >= 0.6 is 35.6 Å². The largest absolute Gasteiger partial charge is 0.370 e. The first kappa shape index (κ1) is 18.3. The van der Waals surface area contributed by atoms with Gasteiger partial charge in [-0.3, -0.25) is 0 Å². The first-order valence-corrected chi connectivity index (χ1v) is 8.19. The van der Waals surface area contributed by atoms with E-state index in [1.54, 1.807) is 0 Å². The summed E-state index contributed by atoms with van der Waals surface area (Å²) in [5, 5.41) is 4.02. The Morgan fingerprint density at radius 3 is 2.83 bits per heavy atom. The van der Waals surface area contributed by atoms with E-state index >= 15 is 0 Å². The van der Waals surface area contributed by atoms with Crippen molar-refractivity contribution < 1.29 is 0 Å². The van der Waals surface area contributed by atoms with Crippen LogP contribution in [-0.2, 0) is 13.6 Å². The Bertz CT molecular complexity index is 691. The van der Waals surface area contributed by atoms with Crippen molar-refractivity contribution in [3.63, 3.8) is 0 Å². The number of para-hydroxylation sites is 1. The van der Waals surface area contributed by atoms with Gasteiger partial charge in [0.05, 0.1) is 16.1 Å². The van der Waals surface area contributed by atoms with Crippen LogP contribution in [0.2, 0.25) is 5.02 Å². The molecule has 3 rings (SSSR count). The highest BCUT2D eigenvalue weighted by atomic mass is 127. The lowest BCUT2D eigenvalue weighted by Gasteiger charge is -2.23. The molecule has 0 saturated heterocycles. The molecule has 126 valence electrons. The predicted molar refractivity (Wildman–Crippen MR) is 106 cm³/mol. The van der Waals surface area contributed by atoms with Gasteiger partial charge in [0.1, 0.15) is 12.4 Å². The number of nitrogens with two attached hydrogens (primary N) is 1. The van der Waals surface area contributed by atoms with E-state index in [2.05, 4.69) is 15.3 Å². The molecule has 1 aromatic carbocycles. The van der Waals surface area contributed by atoms with Crippen molar-refractivity contribution >= 4 is 52.6 Å². The van der Waals surface area contributed by atoms with Crippen molar-refractivity contribution in [1.82, 2.24) is 14.9 Å². The fourth-order valence-corrected chi connectivity index (χ4v) is 3.36. The summed E-state index contributed by atoms with van der Waals surface area (Å²) >= 11 is 6.23. The summed E-state index contributed by atoms with van der Waals surface area (Å²) in [6.45, 7) is 0.451. The molecule has 5 nitrogen and oxygen atoms in total. The summed E-state index contributed by atoms with van der Waals surface area (Å²) in [5.41, 5.74) is 7.83. The number of imidazole rings is 1. The smallest absolute Gasteiger partial charge is 0.189 e. The van der Waals surface area contributed by atoms with E-state index in [1.807, 2.05) is 29.8 Å². The van der Waals surface area contributed by atoms with Gasteiger partial charge in [-0.2, -0.15) is 0 Å². The van der Waals surface area contributed by atoms with Gasteiger partial charge < -0.3 is 15.6 Å². The highest BCUT2D eigenvalue weighted by Crippen LogP contribution is 2.23. The van der Waals surface area contributed by atoms with E-state index in [1.165, 1.54) is 32.1 Å². The van der Waals surface area contributed by atoms with Crippen molar-refractivity contribution in [2.45, 2.75) is 44.7 Å². The molecule has 1 fully saturated rings. The summed E-state index contributed by atoms with van der Waals surface area (Å²) in [6, 6.07) is 6.20. The Kier molecular flexibility index (Phi) is 6.52. The number of fused-ring (bicyclic) bond motifs is 1. The van der Waals surface area contributed by atoms with Crippen molar-refractivity contribution in [1.29, 1.82) is 0 Å². The molecule has 1 aliphatic carbocycles. The number of aliphatic imine (C=N–C) groups is 1. The number of nitrogens with one attached hydrogen (secondary N) is 1. The molecule has 0 spiro atoms. The summed E-state index contributed by atoms with van der Waals surface area (Å²) in [6.07, 6.45) is 6.23. The zero-order valence-electron chi connectivity index (χ0n) is 13.3. The minimum absolute atomic E-state index is 0. The third-order valence-electron chi connectivity index (χ3n) is 4.29. The average molecular weight is 448 g/mol. The zero-order chi connectivity index (χ0) is 15.5. The minimum atomic E-state index is 0. The number of hydrogen-bond acceptors (Lipinski definition) is 2. The molecule has 23 heavy (non-hydrogen) atoms. The van der Waals surface area contributed by atoms with E-state index in [0.29, 0.717) is 23.6 Å². The number of guanidine groups is 1. The molecule has 0 radical (unpaired) electrons. The van der Waals surface area contributed by atoms with E-state index in [0.717, 1.165) is 16.9 Å². The van der Waals surface area contributed by atoms with Gasteiger partial charge in [-0.05, 0) is 25.0 Å². The Balaban J connectivity index is 0.00000192. The number of hydrogen-bond donors (Lipinski definition) is 2. The first-order valence-electron chi connectivity index (χ1n) is 7.81. The number of aromatic nitrogens is 2. The second kappa shape index (κ2) is 8.19. The molecule has 3 N–H and O–H groups in total. The van der Waals surface area contributed by atoms with Crippen molar-refractivity contribution in [2.24, 2.45) is 17.8 Å². The second-order valence-electron chi connectivity index (χ2n) is 5.88. The Morgan fingerprint density at radius 1 is 1.39 bits per heavy atom. The van der Waals surface area contributed by atoms with Crippen LogP contribution in [-0.4, -0.2) is 21.6 Å². The van der Waals surface area contributed by atoms with Crippen molar-refractivity contribution in [2.75, 3.05) is 0 Å². The molecule has 2 aromatic rings. The Labute approximate surface area is 158 Å². The Morgan fingerprint density at radius 2 is 2.13 bits per heavy atom. The molecular weight excluding hydrogens is 425 g/mol. The number of benzene rings is 1. The lowest BCUT2D eigenvalue weighted by molar-refractivity contribution is 0.412.